The van der Waals surface area contributed by atoms with Crippen LogP contribution in [0.4, 0.5) is 13.2 Å². The van der Waals surface area contributed by atoms with Gasteiger partial charge in [0.05, 0.1) is 6.67 Å². The molecule has 5 heteroatoms. The third-order valence-corrected chi connectivity index (χ3v) is 1.17. The summed E-state index contributed by atoms with van der Waals surface area (Å²) in [7, 11) is 0. The van der Waals surface area contributed by atoms with Crippen molar-refractivity contribution >= 4 is 5.97 Å². The number of carbonyl (C=O) groups is 1. The molecule has 0 radical (unpaired) electrons. The maximum atomic E-state index is 12.3. The Hall–Kier alpha value is -0.740. The van der Waals surface area contributed by atoms with E-state index in [4.69, 9.17) is 5.11 Å². The van der Waals surface area contributed by atoms with E-state index in [1.54, 1.807) is 0 Å². The van der Waals surface area contributed by atoms with Gasteiger partial charge in [-0.15, -0.1) is 0 Å². The highest BCUT2D eigenvalue weighted by molar-refractivity contribution is 5.72. The van der Waals surface area contributed by atoms with E-state index in [-0.39, 0.29) is 12.8 Å². The number of rotatable bonds is 5. The molecular weight excluding hydrogens is 161 g/mol. The number of halogens is 3. The van der Waals surface area contributed by atoms with Crippen molar-refractivity contribution in [2.45, 2.75) is 25.2 Å². The molecule has 0 aromatic rings. The Labute approximate surface area is 62.0 Å². The number of alkyl halides is 3. The maximum absolute atomic E-state index is 12.3. The van der Waals surface area contributed by atoms with Gasteiger partial charge in [-0.2, -0.15) is 0 Å². The smallest absolute Gasteiger partial charge is 0.341 e. The SMILES string of the molecule is O=C(O)C(F)C(F)CCCF. The average Bonchev–Trinajstić information content (AvgIpc) is 1.98. The van der Waals surface area contributed by atoms with Gasteiger partial charge in [0, 0.05) is 0 Å². The highest BCUT2D eigenvalue weighted by Gasteiger charge is 2.26. The third-order valence-electron chi connectivity index (χ3n) is 1.17. The van der Waals surface area contributed by atoms with E-state index in [0.29, 0.717) is 0 Å². The van der Waals surface area contributed by atoms with Gasteiger partial charge in [0.15, 0.2) is 0 Å². The minimum atomic E-state index is -2.53. The minimum absolute atomic E-state index is 0.144. The molecule has 0 aliphatic carbocycles. The molecule has 0 aliphatic rings. The Morgan fingerprint density at radius 1 is 1.45 bits per heavy atom. The lowest BCUT2D eigenvalue weighted by atomic mass is 10.1. The van der Waals surface area contributed by atoms with Crippen molar-refractivity contribution < 1.29 is 23.1 Å². The van der Waals surface area contributed by atoms with Gasteiger partial charge in [0.2, 0.25) is 6.17 Å². The molecule has 0 fully saturated rings. The second-order valence-corrected chi connectivity index (χ2v) is 2.09. The topological polar surface area (TPSA) is 37.3 Å². The molecule has 0 aliphatic heterocycles. The van der Waals surface area contributed by atoms with Gasteiger partial charge in [-0.1, -0.05) is 0 Å². The Morgan fingerprint density at radius 2 is 2.00 bits per heavy atom. The van der Waals surface area contributed by atoms with Gasteiger partial charge >= 0.3 is 5.97 Å². The number of hydrogen-bond acceptors (Lipinski definition) is 1. The summed E-state index contributed by atoms with van der Waals surface area (Å²) in [4.78, 5) is 9.80. The van der Waals surface area contributed by atoms with Gasteiger partial charge in [-0.05, 0) is 12.8 Å². The predicted octanol–water partition coefficient (Wildman–Crippen LogP) is 1.50. The molecule has 0 saturated carbocycles. The molecule has 0 heterocycles. The van der Waals surface area contributed by atoms with Crippen molar-refractivity contribution in [2.75, 3.05) is 6.67 Å². The molecule has 11 heavy (non-hydrogen) atoms. The monoisotopic (exact) mass is 170 g/mol. The summed E-state index contributed by atoms with van der Waals surface area (Å²) in [6.45, 7) is -0.757. The fourth-order valence-electron chi connectivity index (χ4n) is 0.573. The van der Waals surface area contributed by atoms with E-state index >= 15 is 0 Å². The van der Waals surface area contributed by atoms with Crippen molar-refractivity contribution in [3.63, 3.8) is 0 Å². The number of hydrogen-bond donors (Lipinski definition) is 1. The molecule has 1 N–H and O–H groups in total. The second kappa shape index (κ2) is 4.98. The van der Waals surface area contributed by atoms with Crippen LogP contribution < -0.4 is 0 Å². The lowest BCUT2D eigenvalue weighted by molar-refractivity contribution is -0.145. The number of carboxylic acid groups (broad SMARTS) is 1. The van der Waals surface area contributed by atoms with Crippen LogP contribution in [0.5, 0.6) is 0 Å². The first-order valence-corrected chi connectivity index (χ1v) is 3.16. The van der Waals surface area contributed by atoms with Crippen molar-refractivity contribution in [2.24, 2.45) is 0 Å². The standard InChI is InChI=1S/C6H9F3O2/c7-3-1-2-4(8)5(9)6(10)11/h4-5H,1-3H2,(H,10,11). The van der Waals surface area contributed by atoms with Crippen LogP contribution in [0.25, 0.3) is 0 Å². The van der Waals surface area contributed by atoms with Crippen molar-refractivity contribution in [1.29, 1.82) is 0 Å². The summed E-state index contributed by atoms with van der Waals surface area (Å²) in [5.74, 6) is -1.84. The molecule has 0 spiro atoms. The van der Waals surface area contributed by atoms with E-state index in [0.717, 1.165) is 0 Å². The number of carboxylic acids is 1. The molecule has 66 valence electrons. The first-order chi connectivity index (χ1) is 5.09. The zero-order chi connectivity index (χ0) is 8.85. The molecule has 0 aromatic carbocycles. The van der Waals surface area contributed by atoms with Crippen molar-refractivity contribution in [3.05, 3.63) is 0 Å². The van der Waals surface area contributed by atoms with Crippen LogP contribution in [0.1, 0.15) is 12.8 Å². The number of aliphatic carboxylic acids is 1. The quantitative estimate of drug-likeness (QED) is 0.678. The molecular formula is C6H9F3O2. The normalized spacial score (nSPS) is 15.9. The first kappa shape index (κ1) is 10.3. The molecule has 2 nitrogen and oxygen atoms in total. The largest absolute Gasteiger partial charge is 0.479 e. The molecule has 2 unspecified atom stereocenters. The summed E-state index contributed by atoms with van der Waals surface area (Å²) in [5.41, 5.74) is 0. The zero-order valence-electron chi connectivity index (χ0n) is 5.77. The van der Waals surface area contributed by atoms with Crippen LogP contribution in [0.3, 0.4) is 0 Å². The lowest BCUT2D eigenvalue weighted by Gasteiger charge is -2.07. The van der Waals surface area contributed by atoms with Crippen LogP contribution in [0.15, 0.2) is 0 Å². The van der Waals surface area contributed by atoms with Crippen LogP contribution in [0, 0.1) is 0 Å². The Morgan fingerprint density at radius 3 is 2.36 bits per heavy atom. The summed E-state index contributed by atoms with van der Waals surface area (Å²) in [5, 5.41) is 7.94. The third kappa shape index (κ3) is 3.85. The van der Waals surface area contributed by atoms with Gasteiger partial charge in [-0.3, -0.25) is 4.39 Å². The Kier molecular flexibility index (Phi) is 4.65. The summed E-state index contributed by atoms with van der Waals surface area (Å²) in [6, 6.07) is 0. The van der Waals surface area contributed by atoms with E-state index in [1.807, 2.05) is 0 Å². The van der Waals surface area contributed by atoms with Crippen LogP contribution in [-0.4, -0.2) is 30.1 Å². The van der Waals surface area contributed by atoms with Crippen LogP contribution >= 0.6 is 0 Å². The van der Waals surface area contributed by atoms with E-state index < -0.39 is 25.0 Å². The Balaban J connectivity index is 3.63. The molecule has 0 aromatic heterocycles. The Bertz CT molecular complexity index is 129. The van der Waals surface area contributed by atoms with Crippen molar-refractivity contribution in [1.82, 2.24) is 0 Å². The fraction of sp³-hybridized carbons (Fsp3) is 0.833. The maximum Gasteiger partial charge on any atom is 0.341 e. The zero-order valence-corrected chi connectivity index (χ0v) is 5.77. The average molecular weight is 170 g/mol. The molecule has 0 amide bonds. The molecule has 0 rings (SSSR count). The molecule has 0 bridgehead atoms. The van der Waals surface area contributed by atoms with Gasteiger partial charge in [-0.25, -0.2) is 13.6 Å². The molecule has 0 saturated heterocycles. The van der Waals surface area contributed by atoms with E-state index in [9.17, 15) is 18.0 Å². The second-order valence-electron chi connectivity index (χ2n) is 2.09. The van der Waals surface area contributed by atoms with Crippen LogP contribution in [-0.2, 0) is 4.79 Å². The van der Waals surface area contributed by atoms with Crippen molar-refractivity contribution in [3.8, 4) is 0 Å². The summed E-state index contributed by atoms with van der Waals surface area (Å²) >= 11 is 0. The van der Waals surface area contributed by atoms with Gasteiger partial charge in [0.1, 0.15) is 6.17 Å². The van der Waals surface area contributed by atoms with E-state index in [1.165, 1.54) is 0 Å². The summed E-state index contributed by atoms with van der Waals surface area (Å²) in [6.07, 6.45) is -5.15. The highest BCUT2D eigenvalue weighted by atomic mass is 19.2. The summed E-state index contributed by atoms with van der Waals surface area (Å²) < 4.78 is 35.8. The van der Waals surface area contributed by atoms with Crippen LogP contribution in [0.2, 0.25) is 0 Å². The lowest BCUT2D eigenvalue weighted by Crippen LogP contribution is -2.26. The fourth-order valence-corrected chi connectivity index (χ4v) is 0.573. The molecule has 2 atom stereocenters. The van der Waals surface area contributed by atoms with Gasteiger partial charge < -0.3 is 5.11 Å². The minimum Gasteiger partial charge on any atom is -0.479 e. The first-order valence-electron chi connectivity index (χ1n) is 3.16. The predicted molar refractivity (Wildman–Crippen MR) is 32.6 cm³/mol. The van der Waals surface area contributed by atoms with Gasteiger partial charge in [0.25, 0.3) is 0 Å². The highest BCUT2D eigenvalue weighted by Crippen LogP contribution is 2.10. The van der Waals surface area contributed by atoms with E-state index in [2.05, 4.69) is 0 Å².